The Bertz CT molecular complexity index is 1380. The lowest BCUT2D eigenvalue weighted by molar-refractivity contribution is -0.386. The summed E-state index contributed by atoms with van der Waals surface area (Å²) in [4.78, 5) is 57.8. The fourth-order valence-electron chi connectivity index (χ4n) is 2.91. The van der Waals surface area contributed by atoms with Crippen molar-refractivity contribution in [2.45, 2.75) is 79.5 Å². The molecule has 2 aromatic rings. The van der Waals surface area contributed by atoms with Crippen LogP contribution in [-0.2, 0) is 26.1 Å². The molecule has 0 saturated heterocycles. The molecular weight excluding hydrogens is 434 g/mol. The van der Waals surface area contributed by atoms with Gasteiger partial charge >= 0.3 is 22.6 Å². The Kier molecular flexibility index (Phi) is 7.98. The van der Waals surface area contributed by atoms with E-state index in [4.69, 9.17) is 17.0 Å². The first-order valence-corrected chi connectivity index (χ1v) is 10.5. The molecule has 0 spiro atoms. The summed E-state index contributed by atoms with van der Waals surface area (Å²) in [6.07, 6.45) is 0.986. The smallest absolute Gasteiger partial charge is 0.374 e. The molecule has 0 bridgehead atoms. The lowest BCUT2D eigenvalue weighted by Crippen LogP contribution is -2.42. The van der Waals surface area contributed by atoms with E-state index in [1.165, 1.54) is 11.5 Å². The molecular formula is C20H33N7O6. The molecule has 13 nitrogen and oxygen atoms in total. The zero-order chi connectivity index (χ0) is 28.9. The van der Waals surface area contributed by atoms with Crippen LogP contribution in [0.15, 0.2) is 25.2 Å². The first-order valence-electron chi connectivity index (χ1n) is 12.5. The molecule has 0 aliphatic heterocycles. The first-order chi connectivity index (χ1) is 17.0. The van der Waals surface area contributed by atoms with Crippen LogP contribution in [0.1, 0.15) is 58.9 Å². The zero-order valence-electron chi connectivity index (χ0n) is 23.2. The van der Waals surface area contributed by atoms with Gasteiger partial charge in [0.15, 0.2) is 5.82 Å². The van der Waals surface area contributed by atoms with E-state index in [1.54, 1.807) is 13.8 Å². The predicted molar refractivity (Wildman–Crippen MR) is 127 cm³/mol. The monoisotopic (exact) mass is 471 g/mol. The summed E-state index contributed by atoms with van der Waals surface area (Å²) in [5.74, 6) is -0.472. The molecule has 0 aliphatic rings. The molecule has 0 radical (unpaired) electrons. The van der Waals surface area contributed by atoms with E-state index >= 15 is 0 Å². The quantitative estimate of drug-likeness (QED) is 0.396. The van der Waals surface area contributed by atoms with Gasteiger partial charge in [-0.1, -0.05) is 27.7 Å². The molecule has 4 N–H and O–H groups in total. The minimum absolute atomic E-state index is 0.0399. The molecule has 2 heterocycles. The van der Waals surface area contributed by atoms with Crippen LogP contribution in [0.3, 0.4) is 0 Å². The Morgan fingerprint density at radius 1 is 0.848 bits per heavy atom. The van der Waals surface area contributed by atoms with Crippen LogP contribution in [0.5, 0.6) is 0 Å². The van der Waals surface area contributed by atoms with E-state index in [2.05, 4.69) is 0 Å². The van der Waals surface area contributed by atoms with Crippen LogP contribution < -0.4 is 34.0 Å². The third-order valence-electron chi connectivity index (χ3n) is 4.30. The fourth-order valence-corrected chi connectivity index (χ4v) is 2.91. The summed E-state index contributed by atoms with van der Waals surface area (Å²) in [6.45, 7) is 2.72. The van der Waals surface area contributed by atoms with Gasteiger partial charge in [0.1, 0.15) is 5.82 Å². The predicted octanol–water partition coefficient (Wildman–Crippen LogP) is 0.733. The van der Waals surface area contributed by atoms with Gasteiger partial charge in [-0.25, -0.2) is 9.59 Å². The Morgan fingerprint density at radius 2 is 1.33 bits per heavy atom. The first kappa shape index (κ1) is 21.2. The Labute approximate surface area is 195 Å². The van der Waals surface area contributed by atoms with Crippen LogP contribution in [0, 0.1) is 10.1 Å². The maximum absolute atomic E-state index is 12.2. The van der Waals surface area contributed by atoms with Gasteiger partial charge in [-0.3, -0.25) is 38.0 Å². The van der Waals surface area contributed by atoms with Gasteiger partial charge in [0.25, 0.3) is 5.56 Å². The van der Waals surface area contributed by atoms with Crippen molar-refractivity contribution in [1.29, 1.82) is 0 Å². The average molecular weight is 472 g/mol. The lowest BCUT2D eigenvalue weighted by Gasteiger charge is -2.11. The van der Waals surface area contributed by atoms with Gasteiger partial charge in [0.2, 0.25) is 0 Å². The van der Waals surface area contributed by atoms with Crippen molar-refractivity contribution >= 4 is 17.3 Å². The highest BCUT2D eigenvalue weighted by molar-refractivity contribution is 5.50. The minimum atomic E-state index is -2.32. The molecule has 2 aromatic heterocycles. The highest BCUT2D eigenvalue weighted by Crippen LogP contribution is 2.13. The number of rotatable bonds is 9. The number of nitrogens with zero attached hydrogens (tertiary/aromatic N) is 5. The SMILES string of the molecule is [2H]C([2H])(CC)n1c(=O)c([N+](=O)[O-])c(N)n(CCC)c1=O.[2H]C([2H])(CC)n1c(=O)cc(N)n(CCC)c1=O. The van der Waals surface area contributed by atoms with Crippen LogP contribution >= 0.6 is 0 Å². The number of hydrogen-bond donors (Lipinski definition) is 2. The standard InChI is InChI=1S/C10H16N4O4.C10H17N3O2/c1-3-5-12-8(11)7(14(17)18)9(15)13(6-4-2)10(12)16;1-3-5-12-8(11)7-9(14)13(6-4-2)10(12)15/h3-6,11H2,1-2H3;7H,3-6,11H2,1-2H3/i2*6D2. The van der Waals surface area contributed by atoms with E-state index in [1.807, 2.05) is 6.92 Å². The van der Waals surface area contributed by atoms with E-state index in [0.29, 0.717) is 24.0 Å². The van der Waals surface area contributed by atoms with E-state index in [-0.39, 0.29) is 29.8 Å². The van der Waals surface area contributed by atoms with Gasteiger partial charge in [0.05, 0.1) is 10.4 Å². The molecule has 0 unspecified atom stereocenters. The molecule has 0 aromatic carbocycles. The maximum atomic E-state index is 12.2. The van der Waals surface area contributed by atoms with Crippen molar-refractivity contribution in [2.24, 2.45) is 0 Å². The largest absolute Gasteiger partial charge is 0.385 e. The maximum Gasteiger partial charge on any atom is 0.374 e. The summed E-state index contributed by atoms with van der Waals surface area (Å²) in [7, 11) is 0. The number of nitrogen functional groups attached to an aromatic ring is 2. The minimum Gasteiger partial charge on any atom is -0.385 e. The molecule has 2 rings (SSSR count). The molecule has 0 fully saturated rings. The second-order valence-electron chi connectivity index (χ2n) is 6.77. The van der Waals surface area contributed by atoms with Crippen molar-refractivity contribution in [3.63, 3.8) is 0 Å². The number of nitrogens with two attached hydrogens (primary N) is 2. The Morgan fingerprint density at radius 3 is 1.82 bits per heavy atom. The molecule has 33 heavy (non-hydrogen) atoms. The molecule has 0 aliphatic carbocycles. The Hall–Kier alpha value is -3.64. The van der Waals surface area contributed by atoms with Gasteiger partial charge < -0.3 is 11.5 Å². The second-order valence-corrected chi connectivity index (χ2v) is 6.77. The van der Waals surface area contributed by atoms with Crippen LogP contribution in [-0.4, -0.2) is 23.2 Å². The van der Waals surface area contributed by atoms with Gasteiger partial charge in [-0.15, -0.1) is 0 Å². The molecule has 0 saturated carbocycles. The van der Waals surface area contributed by atoms with E-state index in [0.717, 1.165) is 10.6 Å². The van der Waals surface area contributed by atoms with Crippen molar-refractivity contribution < 1.29 is 10.4 Å². The van der Waals surface area contributed by atoms with Gasteiger partial charge in [-0.2, -0.15) is 0 Å². The topological polar surface area (TPSA) is 183 Å². The number of aromatic nitrogens is 4. The average Bonchev–Trinajstić information content (AvgIpc) is 2.79. The molecule has 184 valence electrons. The molecule has 0 amide bonds. The van der Waals surface area contributed by atoms with Crippen molar-refractivity contribution in [3.05, 3.63) is 57.9 Å². The summed E-state index contributed by atoms with van der Waals surface area (Å²) in [6, 6.07) is 1.09. The molecule has 13 heteroatoms. The van der Waals surface area contributed by atoms with E-state index < -0.39 is 51.9 Å². The van der Waals surface area contributed by atoms with E-state index in [9.17, 15) is 29.3 Å². The zero-order valence-corrected chi connectivity index (χ0v) is 19.2. The second kappa shape index (κ2) is 12.4. The fraction of sp³-hybridized carbons (Fsp3) is 0.600. The third-order valence-corrected chi connectivity index (χ3v) is 4.30. The Balaban J connectivity index is 0.000000375. The number of nitro groups is 1. The van der Waals surface area contributed by atoms with Crippen molar-refractivity contribution in [2.75, 3.05) is 11.5 Å². The number of hydrogen-bond acceptors (Lipinski definition) is 8. The van der Waals surface area contributed by atoms with Crippen LogP contribution in [0.25, 0.3) is 0 Å². The van der Waals surface area contributed by atoms with Crippen LogP contribution in [0.4, 0.5) is 17.3 Å². The summed E-state index contributed by atoms with van der Waals surface area (Å²) in [5, 5.41) is 11.0. The van der Waals surface area contributed by atoms with Crippen molar-refractivity contribution in [3.8, 4) is 0 Å². The normalized spacial score (nSPS) is 13.2. The lowest BCUT2D eigenvalue weighted by atomic mass is 10.4. The highest BCUT2D eigenvalue weighted by Gasteiger charge is 2.25. The summed E-state index contributed by atoms with van der Waals surface area (Å²) < 4.78 is 33.7. The van der Waals surface area contributed by atoms with Gasteiger partial charge in [0, 0.05) is 32.1 Å². The number of anilines is 2. The highest BCUT2D eigenvalue weighted by atomic mass is 16.6. The summed E-state index contributed by atoms with van der Waals surface area (Å²) in [5.41, 5.74) is 6.43. The van der Waals surface area contributed by atoms with Crippen LogP contribution in [0.2, 0.25) is 0 Å². The summed E-state index contributed by atoms with van der Waals surface area (Å²) >= 11 is 0. The van der Waals surface area contributed by atoms with Gasteiger partial charge in [-0.05, 0) is 25.7 Å². The third kappa shape index (κ3) is 6.20. The molecule has 0 atom stereocenters. The van der Waals surface area contributed by atoms with Crippen molar-refractivity contribution in [1.82, 2.24) is 18.3 Å².